The first-order chi connectivity index (χ1) is 17.3. The van der Waals surface area contributed by atoms with Gasteiger partial charge in [-0.3, -0.25) is 14.4 Å². The van der Waals surface area contributed by atoms with Gasteiger partial charge in [0.05, 0.1) is 7.11 Å². The largest absolute Gasteiger partial charge is 0.468 e. The molecule has 3 amide bonds. The number of carbonyl (C=O) groups excluding carboxylic acids is 4. The van der Waals surface area contributed by atoms with E-state index in [1.54, 1.807) is 25.7 Å². The summed E-state index contributed by atoms with van der Waals surface area (Å²) in [5.74, 6) is -1.61. The van der Waals surface area contributed by atoms with Gasteiger partial charge in [-0.1, -0.05) is 49.6 Å². The summed E-state index contributed by atoms with van der Waals surface area (Å²) in [6.07, 6.45) is 2.38. The molecule has 0 aromatic heterocycles. The monoisotopic (exact) mass is 517 g/mol. The van der Waals surface area contributed by atoms with Crippen LogP contribution in [0.5, 0.6) is 0 Å². The van der Waals surface area contributed by atoms with Crippen LogP contribution < -0.4 is 10.6 Å². The SMILES string of the molecule is CCC(C)C(NC(=O)OC(C)(C)C)C(=O)N(C1CCC1)C(C(=O)NCC(=O)OC)c1cc(C)cc(C)c1. The highest BCUT2D eigenvalue weighted by molar-refractivity contribution is 5.93. The second-order valence-electron chi connectivity index (χ2n) is 11.0. The van der Waals surface area contributed by atoms with Gasteiger partial charge in [0.1, 0.15) is 24.2 Å². The van der Waals surface area contributed by atoms with E-state index >= 15 is 0 Å². The molecular formula is C28H43N3O6. The Bertz CT molecular complexity index is 962. The van der Waals surface area contributed by atoms with Gasteiger partial charge >= 0.3 is 12.1 Å². The Morgan fingerprint density at radius 3 is 2.14 bits per heavy atom. The number of benzene rings is 1. The number of nitrogens with zero attached hydrogens (tertiary/aromatic N) is 1. The van der Waals surface area contributed by atoms with E-state index in [1.807, 2.05) is 45.9 Å². The number of carbonyl (C=O) groups is 4. The number of ether oxygens (including phenoxy) is 2. The molecule has 1 aromatic rings. The minimum atomic E-state index is -0.979. The third kappa shape index (κ3) is 8.47. The summed E-state index contributed by atoms with van der Waals surface area (Å²) in [7, 11) is 1.25. The molecule has 1 fully saturated rings. The molecule has 9 heteroatoms. The van der Waals surface area contributed by atoms with Gasteiger partial charge in [0, 0.05) is 6.04 Å². The van der Waals surface area contributed by atoms with E-state index in [2.05, 4.69) is 15.4 Å². The molecular weight excluding hydrogens is 474 g/mol. The number of esters is 1. The van der Waals surface area contributed by atoms with E-state index < -0.39 is 35.7 Å². The van der Waals surface area contributed by atoms with Crippen LogP contribution in [0, 0.1) is 19.8 Å². The molecule has 9 nitrogen and oxygen atoms in total. The molecule has 3 unspecified atom stereocenters. The van der Waals surface area contributed by atoms with Crippen molar-refractivity contribution in [3.05, 3.63) is 34.9 Å². The Morgan fingerprint density at radius 2 is 1.68 bits per heavy atom. The Kier molecular flexibility index (Phi) is 10.5. The summed E-state index contributed by atoms with van der Waals surface area (Å²) in [5, 5.41) is 5.42. The topological polar surface area (TPSA) is 114 Å². The fourth-order valence-electron chi connectivity index (χ4n) is 4.40. The fourth-order valence-corrected chi connectivity index (χ4v) is 4.40. The Balaban J connectivity index is 2.54. The van der Waals surface area contributed by atoms with Gasteiger partial charge in [-0.15, -0.1) is 0 Å². The number of amides is 3. The average molecular weight is 518 g/mol. The highest BCUT2D eigenvalue weighted by atomic mass is 16.6. The van der Waals surface area contributed by atoms with Crippen molar-refractivity contribution in [2.45, 2.75) is 97.9 Å². The third-order valence-corrected chi connectivity index (χ3v) is 6.59. The molecule has 1 aliphatic carbocycles. The summed E-state index contributed by atoms with van der Waals surface area (Å²) >= 11 is 0. The predicted octanol–water partition coefficient (Wildman–Crippen LogP) is 3.95. The van der Waals surface area contributed by atoms with Crippen molar-refractivity contribution in [1.82, 2.24) is 15.5 Å². The standard InChI is InChI=1S/C28H43N3O6/c1-9-19(4)23(30-27(35)37-28(5,6)7)26(34)31(21-11-10-12-21)24(25(33)29-16-22(32)36-8)20-14-17(2)13-18(3)15-20/h13-15,19,21,23-24H,9-12,16H2,1-8H3,(H,29,33)(H,30,35). The third-order valence-electron chi connectivity index (χ3n) is 6.59. The minimum Gasteiger partial charge on any atom is -0.468 e. The van der Waals surface area contributed by atoms with Crippen molar-refractivity contribution < 1.29 is 28.7 Å². The molecule has 0 bridgehead atoms. The van der Waals surface area contributed by atoms with Crippen LogP contribution in [-0.2, 0) is 23.9 Å². The fraction of sp³-hybridized carbons (Fsp3) is 0.643. The maximum atomic E-state index is 14.2. The molecule has 3 atom stereocenters. The van der Waals surface area contributed by atoms with Crippen molar-refractivity contribution in [3.8, 4) is 0 Å². The van der Waals surface area contributed by atoms with Crippen LogP contribution in [-0.4, -0.2) is 60.1 Å². The minimum absolute atomic E-state index is 0.172. The molecule has 0 radical (unpaired) electrons. The zero-order valence-electron chi connectivity index (χ0n) is 23.5. The van der Waals surface area contributed by atoms with Crippen LogP contribution in [0.4, 0.5) is 4.79 Å². The van der Waals surface area contributed by atoms with Gasteiger partial charge in [0.2, 0.25) is 11.8 Å². The zero-order chi connectivity index (χ0) is 27.9. The van der Waals surface area contributed by atoms with E-state index in [1.165, 1.54) is 7.11 Å². The highest BCUT2D eigenvalue weighted by Crippen LogP contribution is 2.35. The van der Waals surface area contributed by atoms with E-state index in [9.17, 15) is 19.2 Å². The first kappa shape index (κ1) is 30.1. The molecule has 1 saturated carbocycles. The number of aryl methyl sites for hydroxylation is 2. The van der Waals surface area contributed by atoms with Gasteiger partial charge in [-0.05, 0) is 65.4 Å². The Hall–Kier alpha value is -3.10. The number of methoxy groups -OCH3 is 1. The molecule has 1 aromatic carbocycles. The molecule has 206 valence electrons. The molecule has 0 spiro atoms. The van der Waals surface area contributed by atoms with E-state index in [0.29, 0.717) is 12.0 Å². The lowest BCUT2D eigenvalue weighted by molar-refractivity contribution is -0.149. The van der Waals surface area contributed by atoms with Gasteiger partial charge in [0.25, 0.3) is 0 Å². The molecule has 2 N–H and O–H groups in total. The van der Waals surface area contributed by atoms with E-state index in [4.69, 9.17) is 4.74 Å². The van der Waals surface area contributed by atoms with E-state index in [0.717, 1.165) is 30.4 Å². The Morgan fingerprint density at radius 1 is 1.08 bits per heavy atom. The van der Waals surface area contributed by atoms with Crippen molar-refractivity contribution >= 4 is 23.9 Å². The quantitative estimate of drug-likeness (QED) is 0.454. The van der Waals surface area contributed by atoms with Gasteiger partial charge < -0.3 is 25.0 Å². The lowest BCUT2D eigenvalue weighted by Gasteiger charge is -2.44. The Labute approximate surface area is 220 Å². The number of alkyl carbamates (subject to hydrolysis) is 1. The maximum Gasteiger partial charge on any atom is 0.408 e. The lowest BCUT2D eigenvalue weighted by Crippen LogP contribution is -2.59. The number of hydrogen-bond acceptors (Lipinski definition) is 6. The maximum absolute atomic E-state index is 14.2. The van der Waals surface area contributed by atoms with Crippen LogP contribution in [0.3, 0.4) is 0 Å². The first-order valence-corrected chi connectivity index (χ1v) is 13.0. The van der Waals surface area contributed by atoms with Crippen molar-refractivity contribution in [2.24, 2.45) is 5.92 Å². The summed E-state index contributed by atoms with van der Waals surface area (Å²) < 4.78 is 10.1. The summed E-state index contributed by atoms with van der Waals surface area (Å²) in [6, 6.07) is 3.72. The smallest absolute Gasteiger partial charge is 0.408 e. The average Bonchev–Trinajstić information content (AvgIpc) is 2.76. The normalized spacial score (nSPS) is 16.0. The second kappa shape index (κ2) is 12.9. The first-order valence-electron chi connectivity index (χ1n) is 13.0. The van der Waals surface area contributed by atoms with Crippen LogP contribution in [0.15, 0.2) is 18.2 Å². The molecule has 0 saturated heterocycles. The molecule has 2 rings (SSSR count). The van der Waals surface area contributed by atoms with Gasteiger partial charge in [-0.25, -0.2) is 4.79 Å². The summed E-state index contributed by atoms with van der Waals surface area (Å²) in [5.41, 5.74) is 1.83. The van der Waals surface area contributed by atoms with Gasteiger partial charge in [-0.2, -0.15) is 0 Å². The van der Waals surface area contributed by atoms with Crippen LogP contribution in [0.2, 0.25) is 0 Å². The van der Waals surface area contributed by atoms with Crippen LogP contribution in [0.1, 0.15) is 83.0 Å². The van der Waals surface area contributed by atoms with Gasteiger partial charge in [0.15, 0.2) is 0 Å². The zero-order valence-corrected chi connectivity index (χ0v) is 23.5. The van der Waals surface area contributed by atoms with Crippen molar-refractivity contribution in [2.75, 3.05) is 13.7 Å². The van der Waals surface area contributed by atoms with E-state index in [-0.39, 0.29) is 24.4 Å². The number of hydrogen-bond donors (Lipinski definition) is 2. The second-order valence-corrected chi connectivity index (χ2v) is 11.0. The van der Waals surface area contributed by atoms with Crippen LogP contribution >= 0.6 is 0 Å². The van der Waals surface area contributed by atoms with Crippen molar-refractivity contribution in [3.63, 3.8) is 0 Å². The summed E-state index contributed by atoms with van der Waals surface area (Å²) in [6.45, 7) is 12.7. The number of nitrogens with one attached hydrogen (secondary N) is 2. The number of rotatable bonds is 10. The molecule has 0 aliphatic heterocycles. The van der Waals surface area contributed by atoms with Crippen molar-refractivity contribution in [1.29, 1.82) is 0 Å². The molecule has 0 heterocycles. The highest BCUT2D eigenvalue weighted by Gasteiger charge is 2.43. The summed E-state index contributed by atoms with van der Waals surface area (Å²) in [4.78, 5) is 54.0. The van der Waals surface area contributed by atoms with Crippen LogP contribution in [0.25, 0.3) is 0 Å². The molecule has 37 heavy (non-hydrogen) atoms. The predicted molar refractivity (Wildman–Crippen MR) is 141 cm³/mol. The lowest BCUT2D eigenvalue weighted by atomic mass is 9.86. The molecule has 1 aliphatic rings.